The van der Waals surface area contributed by atoms with Crippen LogP contribution in [0.5, 0.6) is 0 Å². The molecule has 1 unspecified atom stereocenters. The quantitative estimate of drug-likeness (QED) is 0.413. The van der Waals surface area contributed by atoms with Crippen LogP contribution in [0.4, 0.5) is 0 Å². The molecule has 148 valence electrons. The number of amides is 2. The van der Waals surface area contributed by atoms with Gasteiger partial charge in [0.1, 0.15) is 12.1 Å². The van der Waals surface area contributed by atoms with E-state index in [2.05, 4.69) is 10.3 Å². The van der Waals surface area contributed by atoms with Gasteiger partial charge in [-0.25, -0.2) is 4.79 Å². The summed E-state index contributed by atoms with van der Waals surface area (Å²) in [6.45, 7) is 0. The number of hydrogen-bond acceptors (Lipinski definition) is 6. The average Bonchev–Trinajstić information content (AvgIpc) is 2.94. The summed E-state index contributed by atoms with van der Waals surface area (Å²) < 4.78 is 5.26. The third-order valence-corrected chi connectivity index (χ3v) is 4.60. The van der Waals surface area contributed by atoms with Gasteiger partial charge in [-0.15, -0.1) is 0 Å². The molecule has 2 aromatic rings. The zero-order chi connectivity index (χ0) is 20.4. The van der Waals surface area contributed by atoms with Gasteiger partial charge in [-0.05, 0) is 18.1 Å². The molecule has 2 amide bonds. The number of para-hydroxylation sites is 1. The number of nitrogens with one attached hydrogen (secondary N) is 2. The fourth-order valence-electron chi connectivity index (χ4n) is 3.21. The number of nitrogens with two attached hydrogens (primary N) is 2. The van der Waals surface area contributed by atoms with Crippen molar-refractivity contribution in [2.24, 2.45) is 11.5 Å². The first-order valence-electron chi connectivity index (χ1n) is 8.65. The highest BCUT2D eigenvalue weighted by Gasteiger charge is 2.37. The molecule has 0 saturated heterocycles. The van der Waals surface area contributed by atoms with Gasteiger partial charge in [-0.2, -0.15) is 0 Å². The lowest BCUT2D eigenvalue weighted by molar-refractivity contribution is -0.158. The topological polar surface area (TPSA) is 178 Å². The molecule has 7 N–H and O–H groups in total. The van der Waals surface area contributed by atoms with Crippen LogP contribution in [0, 0.1) is 0 Å². The predicted octanol–water partition coefficient (Wildman–Crippen LogP) is -0.529. The fourth-order valence-corrected chi connectivity index (χ4v) is 3.21. The standard InChI is InChI=1S/C18H20N4O6/c19-10-7-9-8-3-1-2-4-11(8)21-14(9)15(28-18(10)27)16(24)22-12(17(25)26)5-6-13(20)23/h1-4,10,12,15,21H,5-7,19H2,(H2,20,23)(H,22,24)(H,25,26)/t10-,12+,15?/m1/s1. The van der Waals surface area contributed by atoms with E-state index in [1.165, 1.54) is 0 Å². The SMILES string of the molecule is NC(=O)CC[C@H](NC(=O)C1OC(=O)[C@H](N)Cc2c1[nH]c1ccccc21)C(=O)O. The zero-order valence-electron chi connectivity index (χ0n) is 14.8. The molecule has 1 aliphatic rings. The maximum Gasteiger partial charge on any atom is 0.326 e. The molecule has 3 atom stereocenters. The van der Waals surface area contributed by atoms with E-state index in [1.807, 2.05) is 18.2 Å². The number of carboxylic acid groups (broad SMARTS) is 1. The Morgan fingerprint density at radius 1 is 1.32 bits per heavy atom. The number of aromatic nitrogens is 1. The van der Waals surface area contributed by atoms with Crippen molar-refractivity contribution in [3.05, 3.63) is 35.5 Å². The summed E-state index contributed by atoms with van der Waals surface area (Å²) in [7, 11) is 0. The van der Waals surface area contributed by atoms with Gasteiger partial charge in [0.05, 0.1) is 5.69 Å². The Labute approximate surface area is 159 Å². The summed E-state index contributed by atoms with van der Waals surface area (Å²) in [4.78, 5) is 50.3. The molecule has 0 saturated carbocycles. The van der Waals surface area contributed by atoms with Crippen LogP contribution < -0.4 is 16.8 Å². The van der Waals surface area contributed by atoms with Crippen molar-refractivity contribution in [1.29, 1.82) is 0 Å². The lowest BCUT2D eigenvalue weighted by Crippen LogP contribution is -2.44. The number of aliphatic carboxylic acids is 1. The number of carboxylic acids is 1. The molecule has 2 heterocycles. The number of cyclic esters (lactones) is 1. The first kappa shape index (κ1) is 19.4. The molecule has 10 heteroatoms. The minimum Gasteiger partial charge on any atom is -0.480 e. The monoisotopic (exact) mass is 388 g/mol. The number of carbonyl (C=O) groups excluding carboxylic acids is 3. The van der Waals surface area contributed by atoms with Gasteiger partial charge in [0.2, 0.25) is 12.0 Å². The number of benzene rings is 1. The van der Waals surface area contributed by atoms with Crippen LogP contribution in [0.3, 0.4) is 0 Å². The summed E-state index contributed by atoms with van der Waals surface area (Å²) in [6.07, 6.45) is -1.62. The number of rotatable bonds is 6. The molecular formula is C18H20N4O6. The Morgan fingerprint density at radius 3 is 2.71 bits per heavy atom. The summed E-state index contributed by atoms with van der Waals surface area (Å²) in [5.74, 6) is -3.61. The van der Waals surface area contributed by atoms with Gasteiger partial charge in [0.25, 0.3) is 5.91 Å². The summed E-state index contributed by atoms with van der Waals surface area (Å²) in [6, 6.07) is 4.94. The molecule has 1 aliphatic heterocycles. The van der Waals surface area contributed by atoms with Crippen LogP contribution in [-0.4, -0.2) is 45.9 Å². The van der Waals surface area contributed by atoms with Crippen LogP contribution in [0.15, 0.2) is 24.3 Å². The molecule has 1 aromatic heterocycles. The third kappa shape index (κ3) is 3.81. The first-order chi connectivity index (χ1) is 13.3. The number of aromatic amines is 1. The van der Waals surface area contributed by atoms with Crippen molar-refractivity contribution < 1.29 is 29.0 Å². The molecule has 0 fully saturated rings. The minimum absolute atomic E-state index is 0.173. The number of hydrogen-bond donors (Lipinski definition) is 5. The molecule has 1 aromatic carbocycles. The Bertz CT molecular complexity index is 953. The maximum atomic E-state index is 12.8. The van der Waals surface area contributed by atoms with Gasteiger partial charge in [0, 0.05) is 23.7 Å². The highest BCUT2D eigenvalue weighted by atomic mass is 16.6. The number of ether oxygens (including phenoxy) is 1. The average molecular weight is 388 g/mol. The van der Waals surface area contributed by atoms with Crippen LogP contribution in [0.25, 0.3) is 10.9 Å². The largest absolute Gasteiger partial charge is 0.480 e. The van der Waals surface area contributed by atoms with Crippen LogP contribution >= 0.6 is 0 Å². The highest BCUT2D eigenvalue weighted by molar-refractivity contribution is 5.94. The van der Waals surface area contributed by atoms with E-state index in [9.17, 15) is 24.3 Å². The van der Waals surface area contributed by atoms with Crippen LogP contribution in [0.2, 0.25) is 0 Å². The van der Waals surface area contributed by atoms with Gasteiger partial charge in [-0.3, -0.25) is 14.4 Å². The van der Waals surface area contributed by atoms with E-state index in [0.717, 1.165) is 10.9 Å². The molecule has 0 aliphatic carbocycles. The van der Waals surface area contributed by atoms with Crippen molar-refractivity contribution in [2.75, 3.05) is 0 Å². The molecular weight excluding hydrogens is 368 g/mol. The van der Waals surface area contributed by atoms with Gasteiger partial charge in [-0.1, -0.05) is 18.2 Å². The molecule has 0 radical (unpaired) electrons. The Balaban J connectivity index is 1.93. The van der Waals surface area contributed by atoms with Crippen molar-refractivity contribution in [1.82, 2.24) is 10.3 Å². The van der Waals surface area contributed by atoms with Crippen molar-refractivity contribution >= 4 is 34.7 Å². The van der Waals surface area contributed by atoms with E-state index < -0.39 is 41.9 Å². The number of H-pyrrole nitrogens is 1. The van der Waals surface area contributed by atoms with E-state index in [-0.39, 0.29) is 19.3 Å². The second-order valence-corrected chi connectivity index (χ2v) is 6.59. The minimum atomic E-state index is -1.39. The lowest BCUT2D eigenvalue weighted by Gasteiger charge is -2.19. The second kappa shape index (κ2) is 7.69. The molecule has 0 spiro atoms. The molecule has 3 rings (SSSR count). The van der Waals surface area contributed by atoms with Crippen molar-refractivity contribution in [3.8, 4) is 0 Å². The normalized spacial score (nSPS) is 20.0. The number of primary amides is 1. The van der Waals surface area contributed by atoms with E-state index >= 15 is 0 Å². The van der Waals surface area contributed by atoms with Crippen molar-refractivity contribution in [3.63, 3.8) is 0 Å². The highest BCUT2D eigenvalue weighted by Crippen LogP contribution is 2.32. The lowest BCUT2D eigenvalue weighted by atomic mass is 10.0. The van der Waals surface area contributed by atoms with Gasteiger partial charge in [0.15, 0.2) is 0 Å². The molecule has 28 heavy (non-hydrogen) atoms. The maximum absolute atomic E-state index is 12.8. The summed E-state index contributed by atoms with van der Waals surface area (Å²) in [5.41, 5.74) is 12.7. The Morgan fingerprint density at radius 2 is 2.04 bits per heavy atom. The summed E-state index contributed by atoms with van der Waals surface area (Å²) >= 11 is 0. The molecule has 0 bridgehead atoms. The first-order valence-corrected chi connectivity index (χ1v) is 8.65. The number of esters is 1. The number of fused-ring (bicyclic) bond motifs is 3. The third-order valence-electron chi connectivity index (χ3n) is 4.60. The summed E-state index contributed by atoms with van der Waals surface area (Å²) in [5, 5.41) is 12.4. The predicted molar refractivity (Wildman–Crippen MR) is 96.8 cm³/mol. The van der Waals surface area contributed by atoms with Crippen LogP contribution in [-0.2, 0) is 30.3 Å². The van der Waals surface area contributed by atoms with Crippen molar-refractivity contribution in [2.45, 2.75) is 37.5 Å². The van der Waals surface area contributed by atoms with Gasteiger partial charge >= 0.3 is 11.9 Å². The smallest absolute Gasteiger partial charge is 0.326 e. The number of carbonyl (C=O) groups is 4. The molecule has 10 nitrogen and oxygen atoms in total. The van der Waals surface area contributed by atoms with E-state index in [4.69, 9.17) is 16.2 Å². The fraction of sp³-hybridized carbons (Fsp3) is 0.333. The Hall–Kier alpha value is -3.40. The second-order valence-electron chi connectivity index (χ2n) is 6.59. The van der Waals surface area contributed by atoms with E-state index in [0.29, 0.717) is 11.3 Å². The van der Waals surface area contributed by atoms with Gasteiger partial charge < -0.3 is 31.6 Å². The Kier molecular flexibility index (Phi) is 5.32. The zero-order valence-corrected chi connectivity index (χ0v) is 14.8. The van der Waals surface area contributed by atoms with E-state index in [1.54, 1.807) is 6.07 Å². The van der Waals surface area contributed by atoms with Crippen LogP contribution in [0.1, 0.15) is 30.2 Å².